The lowest BCUT2D eigenvalue weighted by atomic mass is 9.96. The molecular weight excluding hydrogens is 286 g/mol. The van der Waals surface area contributed by atoms with Gasteiger partial charge in [0.05, 0.1) is 0 Å². The van der Waals surface area contributed by atoms with E-state index in [2.05, 4.69) is 30.6 Å². The number of nitrogens with one attached hydrogen (secondary N) is 1. The fourth-order valence-electron chi connectivity index (χ4n) is 2.62. The lowest BCUT2D eigenvalue weighted by molar-refractivity contribution is 0.583. The van der Waals surface area contributed by atoms with Gasteiger partial charge in [-0.2, -0.15) is 0 Å². The largest absolute Gasteiger partial charge is 0.313 e. The zero-order valence-corrected chi connectivity index (χ0v) is 13.8. The highest BCUT2D eigenvalue weighted by Crippen LogP contribution is 2.25. The van der Waals surface area contributed by atoms with Crippen LogP contribution in [0.4, 0.5) is 0 Å². The molecule has 1 aromatic carbocycles. The molecule has 0 radical (unpaired) electrons. The molecule has 0 aliphatic heterocycles. The molecule has 0 saturated carbocycles. The van der Waals surface area contributed by atoms with E-state index < -0.39 is 0 Å². The first kappa shape index (κ1) is 15.9. The summed E-state index contributed by atoms with van der Waals surface area (Å²) in [5, 5.41) is 4.29. The maximum Gasteiger partial charge on any atom is 0.0406 e. The second kappa shape index (κ2) is 8.76. The molecule has 1 aromatic rings. The van der Waals surface area contributed by atoms with Gasteiger partial charge in [0.2, 0.25) is 0 Å². The normalized spacial score (nSPS) is 20.6. The van der Waals surface area contributed by atoms with Crippen LogP contribution in [0.15, 0.2) is 40.8 Å². The van der Waals surface area contributed by atoms with Gasteiger partial charge >= 0.3 is 0 Å². The van der Waals surface area contributed by atoms with Crippen LogP contribution < -0.4 is 5.32 Å². The van der Waals surface area contributed by atoms with Crippen LogP contribution in [0.5, 0.6) is 0 Å². The van der Waals surface area contributed by atoms with Crippen LogP contribution in [0.1, 0.15) is 38.5 Å². The highest BCUT2D eigenvalue weighted by molar-refractivity contribution is 7.99. The quantitative estimate of drug-likeness (QED) is 0.585. The minimum atomic E-state index is 0.494. The van der Waals surface area contributed by atoms with E-state index in [1.165, 1.54) is 43.4 Å². The van der Waals surface area contributed by atoms with Gasteiger partial charge in [0, 0.05) is 21.7 Å². The Morgan fingerprint density at radius 1 is 1.15 bits per heavy atom. The molecule has 1 N–H and O–H groups in total. The van der Waals surface area contributed by atoms with Gasteiger partial charge in [-0.05, 0) is 57.0 Å². The lowest BCUT2D eigenvalue weighted by Crippen LogP contribution is -2.30. The van der Waals surface area contributed by atoms with Crippen molar-refractivity contribution in [2.45, 2.75) is 49.5 Å². The Morgan fingerprint density at radius 2 is 1.90 bits per heavy atom. The highest BCUT2D eigenvalue weighted by Gasteiger charge is 2.13. The number of hydrogen-bond donors (Lipinski definition) is 1. The molecule has 1 unspecified atom stereocenters. The monoisotopic (exact) mass is 309 g/mol. The van der Waals surface area contributed by atoms with Crippen molar-refractivity contribution in [1.82, 2.24) is 5.32 Å². The van der Waals surface area contributed by atoms with E-state index in [9.17, 15) is 0 Å². The van der Waals surface area contributed by atoms with E-state index >= 15 is 0 Å². The van der Waals surface area contributed by atoms with Crippen LogP contribution in [-0.4, -0.2) is 18.8 Å². The van der Waals surface area contributed by atoms with Crippen LogP contribution in [0.2, 0.25) is 5.02 Å². The van der Waals surface area contributed by atoms with Crippen molar-refractivity contribution < 1.29 is 0 Å². The van der Waals surface area contributed by atoms with Crippen molar-refractivity contribution in [2.75, 3.05) is 12.8 Å². The Hall–Kier alpha value is -0.440. The predicted octanol–water partition coefficient (Wildman–Crippen LogP) is 5.30. The molecular formula is C17H24ClNS. The molecule has 0 saturated heterocycles. The van der Waals surface area contributed by atoms with E-state index in [0.29, 0.717) is 6.04 Å². The van der Waals surface area contributed by atoms with Gasteiger partial charge in [-0.25, -0.2) is 0 Å². The molecule has 0 heterocycles. The fourth-order valence-corrected chi connectivity index (χ4v) is 3.81. The molecule has 1 nitrogen and oxygen atoms in total. The number of likely N-dealkylation sites (N-methyl/N-ethyl adjacent to an activating group) is 1. The molecule has 1 aliphatic carbocycles. The number of thioether (sulfide) groups is 1. The summed E-state index contributed by atoms with van der Waals surface area (Å²) < 4.78 is 0. The minimum Gasteiger partial charge on any atom is -0.313 e. The highest BCUT2D eigenvalue weighted by atomic mass is 35.5. The third kappa shape index (κ3) is 5.16. The summed E-state index contributed by atoms with van der Waals surface area (Å²) in [6, 6.07) is 8.63. The van der Waals surface area contributed by atoms with Crippen LogP contribution in [0.3, 0.4) is 0 Å². The number of benzene rings is 1. The van der Waals surface area contributed by atoms with Crippen LogP contribution in [0.25, 0.3) is 0 Å². The molecule has 0 bridgehead atoms. The molecule has 20 heavy (non-hydrogen) atoms. The molecule has 1 atom stereocenters. The van der Waals surface area contributed by atoms with Crippen molar-refractivity contribution in [3.63, 3.8) is 0 Å². The van der Waals surface area contributed by atoms with Crippen LogP contribution in [0, 0.1) is 0 Å². The summed E-state index contributed by atoms with van der Waals surface area (Å²) in [6.07, 6.45) is 10.5. The Kier molecular flexibility index (Phi) is 6.98. The van der Waals surface area contributed by atoms with Crippen LogP contribution in [-0.2, 0) is 0 Å². The van der Waals surface area contributed by atoms with Crippen molar-refractivity contribution in [1.29, 1.82) is 0 Å². The SMILES string of the molecule is CNC(CSc1ccc(Cl)cc1)/C1=C/CCCCCC1. The van der Waals surface area contributed by atoms with E-state index in [4.69, 9.17) is 11.6 Å². The molecule has 2 rings (SSSR count). The van der Waals surface area contributed by atoms with Crippen molar-refractivity contribution >= 4 is 23.4 Å². The maximum atomic E-state index is 5.93. The van der Waals surface area contributed by atoms with Gasteiger partial charge < -0.3 is 5.32 Å². The average molecular weight is 310 g/mol. The van der Waals surface area contributed by atoms with Gasteiger partial charge in [-0.15, -0.1) is 11.8 Å². The van der Waals surface area contributed by atoms with E-state index in [0.717, 1.165) is 10.8 Å². The third-order valence-electron chi connectivity index (χ3n) is 3.85. The van der Waals surface area contributed by atoms with Gasteiger partial charge in [0.15, 0.2) is 0 Å². The molecule has 0 amide bonds. The summed E-state index contributed by atoms with van der Waals surface area (Å²) in [6.45, 7) is 0. The number of hydrogen-bond acceptors (Lipinski definition) is 2. The number of rotatable bonds is 5. The van der Waals surface area contributed by atoms with Gasteiger partial charge in [0.1, 0.15) is 0 Å². The molecule has 0 spiro atoms. The summed E-state index contributed by atoms with van der Waals surface area (Å²) >= 11 is 7.83. The van der Waals surface area contributed by atoms with E-state index in [1.54, 1.807) is 5.57 Å². The van der Waals surface area contributed by atoms with Gasteiger partial charge in [0.25, 0.3) is 0 Å². The predicted molar refractivity (Wildman–Crippen MR) is 90.8 cm³/mol. The second-order valence-corrected chi connectivity index (χ2v) is 6.87. The summed E-state index contributed by atoms with van der Waals surface area (Å²) in [4.78, 5) is 1.29. The first-order valence-corrected chi connectivity index (χ1v) is 8.90. The van der Waals surface area contributed by atoms with Crippen molar-refractivity contribution in [2.24, 2.45) is 0 Å². The zero-order chi connectivity index (χ0) is 14.2. The topological polar surface area (TPSA) is 12.0 Å². The number of halogens is 1. The molecule has 110 valence electrons. The summed E-state index contributed by atoms with van der Waals surface area (Å²) in [5.74, 6) is 1.09. The Labute approximate surface area is 132 Å². The van der Waals surface area contributed by atoms with Crippen molar-refractivity contribution in [3.8, 4) is 0 Å². The van der Waals surface area contributed by atoms with Gasteiger partial charge in [-0.3, -0.25) is 0 Å². The summed E-state index contributed by atoms with van der Waals surface area (Å²) in [7, 11) is 2.08. The molecule has 3 heteroatoms. The van der Waals surface area contributed by atoms with Gasteiger partial charge in [-0.1, -0.05) is 36.1 Å². The lowest BCUT2D eigenvalue weighted by Gasteiger charge is -2.21. The van der Waals surface area contributed by atoms with E-state index in [-0.39, 0.29) is 0 Å². The summed E-state index contributed by atoms with van der Waals surface area (Å²) in [5.41, 5.74) is 1.61. The van der Waals surface area contributed by atoms with Crippen LogP contribution >= 0.6 is 23.4 Å². The molecule has 0 fully saturated rings. The maximum absolute atomic E-state index is 5.93. The molecule has 1 aliphatic rings. The number of allylic oxidation sites excluding steroid dienone is 1. The first-order chi connectivity index (χ1) is 9.79. The Balaban J connectivity index is 1.92. The standard InChI is InChI=1S/C17H24ClNS/c1-19-17(14-7-5-3-2-4-6-8-14)13-20-16-11-9-15(18)10-12-16/h7,9-12,17,19H,2-6,8,13H2,1H3/b14-7+. The Morgan fingerprint density at radius 3 is 2.65 bits per heavy atom. The average Bonchev–Trinajstić information content (AvgIpc) is 2.43. The minimum absolute atomic E-state index is 0.494. The zero-order valence-electron chi connectivity index (χ0n) is 12.2. The third-order valence-corrected chi connectivity index (χ3v) is 5.21. The van der Waals surface area contributed by atoms with Crippen molar-refractivity contribution in [3.05, 3.63) is 40.9 Å². The molecule has 0 aromatic heterocycles. The smallest absolute Gasteiger partial charge is 0.0406 e. The van der Waals surface area contributed by atoms with E-state index in [1.807, 2.05) is 23.9 Å². The fraction of sp³-hybridized carbons (Fsp3) is 0.529. The first-order valence-electron chi connectivity index (χ1n) is 7.54. The second-order valence-electron chi connectivity index (χ2n) is 5.34. The Bertz CT molecular complexity index is 427.